The van der Waals surface area contributed by atoms with Gasteiger partial charge in [-0.05, 0) is 18.9 Å². The van der Waals surface area contributed by atoms with Crippen molar-refractivity contribution in [2.24, 2.45) is 0 Å². The fourth-order valence-electron chi connectivity index (χ4n) is 1.48. The van der Waals surface area contributed by atoms with Crippen LogP contribution in [0.5, 0.6) is 0 Å². The zero-order valence-corrected chi connectivity index (χ0v) is 12.0. The van der Waals surface area contributed by atoms with Crippen molar-refractivity contribution in [2.45, 2.75) is 26.3 Å². The zero-order chi connectivity index (χ0) is 14.3. The number of rotatable bonds is 7. The van der Waals surface area contributed by atoms with Gasteiger partial charge in [0.15, 0.2) is 0 Å². The van der Waals surface area contributed by atoms with E-state index in [0.717, 1.165) is 11.1 Å². The van der Waals surface area contributed by atoms with E-state index >= 15 is 0 Å². The van der Waals surface area contributed by atoms with Crippen molar-refractivity contribution in [1.29, 1.82) is 0 Å². The number of carbonyl (C=O) groups is 1. The first-order valence-electron chi connectivity index (χ1n) is 6.02. The molecule has 0 bridgehead atoms. The predicted molar refractivity (Wildman–Crippen MR) is 73.1 cm³/mol. The second-order valence-electron chi connectivity index (χ2n) is 4.31. The van der Waals surface area contributed by atoms with Crippen molar-refractivity contribution in [2.75, 3.05) is 12.9 Å². The van der Waals surface area contributed by atoms with E-state index in [0.29, 0.717) is 0 Å². The van der Waals surface area contributed by atoms with Gasteiger partial charge in [-0.25, -0.2) is 13.1 Å². The summed E-state index contributed by atoms with van der Waals surface area (Å²) in [6, 6.07) is 7.63. The van der Waals surface area contributed by atoms with Crippen molar-refractivity contribution in [1.82, 2.24) is 4.72 Å². The van der Waals surface area contributed by atoms with Gasteiger partial charge in [0.05, 0.1) is 12.9 Å². The third-order valence-electron chi connectivity index (χ3n) is 2.64. The maximum absolute atomic E-state index is 11.7. The summed E-state index contributed by atoms with van der Waals surface area (Å²) >= 11 is 0. The Hall–Kier alpha value is -1.40. The maximum atomic E-state index is 11.7. The highest BCUT2D eigenvalue weighted by Gasteiger charge is 2.11. The smallest absolute Gasteiger partial charge is 0.305 e. The summed E-state index contributed by atoms with van der Waals surface area (Å²) in [5, 5.41) is 0. The molecule has 0 amide bonds. The van der Waals surface area contributed by atoms with Gasteiger partial charge in [-0.15, -0.1) is 0 Å². The molecule has 1 aromatic carbocycles. The van der Waals surface area contributed by atoms with Gasteiger partial charge in [-0.1, -0.05) is 29.8 Å². The van der Waals surface area contributed by atoms with Crippen LogP contribution >= 0.6 is 0 Å². The molecule has 106 valence electrons. The number of hydrogen-bond acceptors (Lipinski definition) is 4. The fraction of sp³-hybridized carbons (Fsp3) is 0.462. The van der Waals surface area contributed by atoms with Crippen molar-refractivity contribution in [3.8, 4) is 0 Å². The van der Waals surface area contributed by atoms with Crippen LogP contribution in [0.1, 0.15) is 24.0 Å². The second-order valence-corrected chi connectivity index (χ2v) is 6.23. The van der Waals surface area contributed by atoms with E-state index in [4.69, 9.17) is 0 Å². The number of carbonyl (C=O) groups excluding carboxylic acids is 1. The second kappa shape index (κ2) is 7.25. The summed E-state index contributed by atoms with van der Waals surface area (Å²) in [6.07, 6.45) is 0.373. The first-order chi connectivity index (χ1) is 8.93. The molecule has 0 saturated carbocycles. The zero-order valence-electron chi connectivity index (χ0n) is 11.2. The number of methoxy groups -OCH3 is 1. The van der Waals surface area contributed by atoms with E-state index in [1.165, 1.54) is 7.11 Å². The molecule has 1 aromatic rings. The van der Waals surface area contributed by atoms with Crippen LogP contribution in [0.4, 0.5) is 0 Å². The molecular weight excluding hydrogens is 266 g/mol. The summed E-state index contributed by atoms with van der Waals surface area (Å²) in [7, 11) is -2.07. The van der Waals surface area contributed by atoms with Crippen LogP contribution in [0.3, 0.4) is 0 Å². The molecule has 0 saturated heterocycles. The number of aryl methyl sites for hydroxylation is 1. The van der Waals surface area contributed by atoms with Gasteiger partial charge in [0, 0.05) is 13.0 Å². The average Bonchev–Trinajstić information content (AvgIpc) is 2.38. The third kappa shape index (κ3) is 6.35. The predicted octanol–water partition coefficient (Wildman–Crippen LogP) is 1.37. The molecule has 0 unspecified atom stereocenters. The molecular formula is C13H19NO4S. The SMILES string of the molecule is COC(=O)CCCS(=O)(=O)NCc1ccc(C)cc1. The molecule has 0 spiro atoms. The largest absolute Gasteiger partial charge is 0.469 e. The van der Waals surface area contributed by atoms with Crippen molar-refractivity contribution >= 4 is 16.0 Å². The Bertz CT molecular complexity index is 508. The normalized spacial score (nSPS) is 11.3. The summed E-state index contributed by atoms with van der Waals surface area (Å²) in [5.74, 6) is -0.470. The minimum atomic E-state index is -3.35. The highest BCUT2D eigenvalue weighted by Crippen LogP contribution is 2.04. The van der Waals surface area contributed by atoms with E-state index in [9.17, 15) is 13.2 Å². The Morgan fingerprint density at radius 1 is 1.26 bits per heavy atom. The van der Waals surface area contributed by atoms with Gasteiger partial charge in [-0.3, -0.25) is 4.79 Å². The van der Waals surface area contributed by atoms with E-state index in [2.05, 4.69) is 9.46 Å². The van der Waals surface area contributed by atoms with Crippen molar-refractivity contribution in [3.63, 3.8) is 0 Å². The summed E-state index contributed by atoms with van der Waals surface area (Å²) < 4.78 is 30.3. The minimum absolute atomic E-state index is 0.0754. The van der Waals surface area contributed by atoms with Crippen molar-refractivity contribution < 1.29 is 17.9 Å². The summed E-state index contributed by atoms with van der Waals surface area (Å²) in [4.78, 5) is 10.9. The van der Waals surface area contributed by atoms with Crippen LogP contribution in [0.15, 0.2) is 24.3 Å². The molecule has 19 heavy (non-hydrogen) atoms. The number of esters is 1. The number of benzene rings is 1. The first-order valence-corrected chi connectivity index (χ1v) is 7.68. The number of ether oxygens (including phenoxy) is 1. The molecule has 0 aromatic heterocycles. The van der Waals surface area contributed by atoms with Gasteiger partial charge in [-0.2, -0.15) is 0 Å². The lowest BCUT2D eigenvalue weighted by atomic mass is 10.2. The topological polar surface area (TPSA) is 72.5 Å². The molecule has 0 heterocycles. The highest BCUT2D eigenvalue weighted by atomic mass is 32.2. The van der Waals surface area contributed by atoms with Crippen molar-refractivity contribution in [3.05, 3.63) is 35.4 Å². The quantitative estimate of drug-likeness (QED) is 0.768. The average molecular weight is 285 g/mol. The summed E-state index contributed by atoms with van der Waals surface area (Å²) in [5.41, 5.74) is 2.03. The van der Waals surface area contributed by atoms with Crippen LogP contribution in [-0.2, 0) is 26.1 Å². The minimum Gasteiger partial charge on any atom is -0.469 e. The van der Waals surface area contributed by atoms with E-state index in [-0.39, 0.29) is 25.1 Å². The van der Waals surface area contributed by atoms with E-state index in [1.54, 1.807) is 0 Å². The molecule has 0 fully saturated rings. The fourth-order valence-corrected chi connectivity index (χ4v) is 2.54. The van der Waals surface area contributed by atoms with Crippen LogP contribution < -0.4 is 4.72 Å². The van der Waals surface area contributed by atoms with Crippen LogP contribution in [-0.4, -0.2) is 27.2 Å². The monoisotopic (exact) mass is 285 g/mol. The Labute approximate surface area is 114 Å². The maximum Gasteiger partial charge on any atom is 0.305 e. The third-order valence-corrected chi connectivity index (χ3v) is 4.05. The van der Waals surface area contributed by atoms with Gasteiger partial charge >= 0.3 is 5.97 Å². The summed E-state index contributed by atoms with van der Waals surface area (Å²) in [6.45, 7) is 2.24. The Morgan fingerprint density at radius 3 is 2.47 bits per heavy atom. The lowest BCUT2D eigenvalue weighted by Crippen LogP contribution is -2.26. The number of sulfonamides is 1. The van der Waals surface area contributed by atoms with Gasteiger partial charge < -0.3 is 4.74 Å². The van der Waals surface area contributed by atoms with Gasteiger partial charge in [0.25, 0.3) is 0 Å². The molecule has 0 atom stereocenters. The standard InChI is InChI=1S/C13H19NO4S/c1-11-5-7-12(8-6-11)10-14-19(16,17)9-3-4-13(15)18-2/h5-8,14H,3-4,9-10H2,1-2H3. The molecule has 0 aliphatic heterocycles. The van der Waals surface area contributed by atoms with E-state index in [1.807, 2.05) is 31.2 Å². The molecule has 0 aliphatic carbocycles. The van der Waals surface area contributed by atoms with Crippen LogP contribution in [0.2, 0.25) is 0 Å². The highest BCUT2D eigenvalue weighted by molar-refractivity contribution is 7.89. The Morgan fingerprint density at radius 2 is 1.89 bits per heavy atom. The van der Waals surface area contributed by atoms with E-state index < -0.39 is 16.0 Å². The molecule has 1 rings (SSSR count). The molecule has 5 nitrogen and oxygen atoms in total. The first kappa shape index (κ1) is 15.7. The molecule has 0 aliphatic rings. The Kier molecular flexibility index (Phi) is 5.98. The van der Waals surface area contributed by atoms with Gasteiger partial charge in [0.2, 0.25) is 10.0 Å². The molecule has 6 heteroatoms. The van der Waals surface area contributed by atoms with Crippen LogP contribution in [0, 0.1) is 6.92 Å². The number of hydrogen-bond donors (Lipinski definition) is 1. The lowest BCUT2D eigenvalue weighted by molar-refractivity contribution is -0.140. The lowest BCUT2D eigenvalue weighted by Gasteiger charge is -2.06. The Balaban J connectivity index is 2.38. The number of nitrogens with one attached hydrogen (secondary N) is 1. The van der Waals surface area contributed by atoms with Crippen LogP contribution in [0.25, 0.3) is 0 Å². The molecule has 1 N–H and O–H groups in total. The molecule has 0 radical (unpaired) electrons. The van der Waals surface area contributed by atoms with Gasteiger partial charge in [0.1, 0.15) is 0 Å².